The molecule has 0 aliphatic heterocycles. The average Bonchev–Trinajstić information content (AvgIpc) is 2.84. The molecule has 1 aromatic rings. The molecule has 0 aromatic carbocycles. The van der Waals surface area contributed by atoms with Crippen LogP contribution in [0, 0.1) is 5.92 Å². The summed E-state index contributed by atoms with van der Waals surface area (Å²) in [7, 11) is 0. The second-order valence-electron chi connectivity index (χ2n) is 4.24. The van der Waals surface area contributed by atoms with Crippen LogP contribution in [0.5, 0.6) is 0 Å². The first kappa shape index (κ1) is 12.3. The van der Waals surface area contributed by atoms with Crippen LogP contribution in [0.4, 0.5) is 0 Å². The number of carbonyl (C=O) groups is 1. The fourth-order valence-electron chi connectivity index (χ4n) is 2.13. The quantitative estimate of drug-likeness (QED) is 0.771. The molecule has 17 heavy (non-hydrogen) atoms. The topological polar surface area (TPSA) is 39.2 Å². The van der Waals surface area contributed by atoms with Crippen molar-refractivity contribution in [3.63, 3.8) is 0 Å². The van der Waals surface area contributed by atoms with Gasteiger partial charge in [0.05, 0.1) is 12.1 Å². The van der Waals surface area contributed by atoms with E-state index in [1.54, 1.807) is 11.3 Å². The Bertz CT molecular complexity index is 398. The summed E-state index contributed by atoms with van der Waals surface area (Å²) >= 11 is 1.68. The lowest BCUT2D eigenvalue weighted by Gasteiger charge is -2.20. The van der Waals surface area contributed by atoms with Crippen molar-refractivity contribution in [2.75, 3.05) is 6.61 Å². The van der Waals surface area contributed by atoms with Crippen molar-refractivity contribution in [1.82, 2.24) is 4.98 Å². The number of rotatable bonds is 4. The van der Waals surface area contributed by atoms with Crippen molar-refractivity contribution in [2.24, 2.45) is 5.92 Å². The summed E-state index contributed by atoms with van der Waals surface area (Å²) in [6.45, 7) is 2.33. The van der Waals surface area contributed by atoms with E-state index in [-0.39, 0.29) is 5.97 Å². The van der Waals surface area contributed by atoms with Crippen molar-refractivity contribution >= 4 is 22.9 Å². The first-order chi connectivity index (χ1) is 8.29. The molecular weight excluding hydrogens is 234 g/mol. The van der Waals surface area contributed by atoms with Gasteiger partial charge in [0.1, 0.15) is 0 Å². The zero-order valence-corrected chi connectivity index (χ0v) is 10.8. The van der Waals surface area contributed by atoms with Gasteiger partial charge in [-0.1, -0.05) is 6.08 Å². The molecule has 0 saturated carbocycles. The highest BCUT2D eigenvalue weighted by Crippen LogP contribution is 2.33. The van der Waals surface area contributed by atoms with Gasteiger partial charge in [0.25, 0.3) is 0 Å². The van der Waals surface area contributed by atoms with Crippen LogP contribution in [-0.4, -0.2) is 17.6 Å². The van der Waals surface area contributed by atoms with Gasteiger partial charge in [-0.05, 0) is 37.7 Å². The number of allylic oxidation sites excluding steroid dienone is 2. The van der Waals surface area contributed by atoms with Crippen LogP contribution < -0.4 is 0 Å². The SMILES string of the molecule is CCOC(=O)CC1CC=C(c2cncs2)CC1. The van der Waals surface area contributed by atoms with Crippen LogP contribution in [0.15, 0.2) is 17.8 Å². The minimum Gasteiger partial charge on any atom is -0.466 e. The maximum absolute atomic E-state index is 11.4. The highest BCUT2D eigenvalue weighted by molar-refractivity contribution is 7.10. The lowest BCUT2D eigenvalue weighted by molar-refractivity contribution is -0.144. The summed E-state index contributed by atoms with van der Waals surface area (Å²) in [5, 5.41) is 0. The van der Waals surface area contributed by atoms with Crippen LogP contribution in [0.1, 0.15) is 37.5 Å². The van der Waals surface area contributed by atoms with Crippen molar-refractivity contribution in [3.8, 4) is 0 Å². The highest BCUT2D eigenvalue weighted by Gasteiger charge is 2.19. The molecule has 0 amide bonds. The third-order valence-corrected chi connectivity index (χ3v) is 3.88. The normalized spacial score (nSPS) is 19.8. The second kappa shape index (κ2) is 5.96. The fourth-order valence-corrected chi connectivity index (χ4v) is 2.82. The van der Waals surface area contributed by atoms with Crippen LogP contribution in [0.2, 0.25) is 0 Å². The molecule has 0 radical (unpaired) electrons. The van der Waals surface area contributed by atoms with Crippen LogP contribution in [0.3, 0.4) is 0 Å². The Hall–Kier alpha value is -1.16. The zero-order valence-electron chi connectivity index (χ0n) is 10.0. The van der Waals surface area contributed by atoms with E-state index in [1.165, 1.54) is 10.5 Å². The second-order valence-corrected chi connectivity index (χ2v) is 5.13. The van der Waals surface area contributed by atoms with Gasteiger partial charge in [-0.15, -0.1) is 11.3 Å². The first-order valence-electron chi connectivity index (χ1n) is 6.03. The summed E-state index contributed by atoms with van der Waals surface area (Å²) < 4.78 is 4.98. The van der Waals surface area contributed by atoms with E-state index in [4.69, 9.17) is 4.74 Å². The zero-order chi connectivity index (χ0) is 12.1. The van der Waals surface area contributed by atoms with E-state index in [0.717, 1.165) is 19.3 Å². The molecule has 1 aliphatic carbocycles. The van der Waals surface area contributed by atoms with E-state index in [0.29, 0.717) is 18.9 Å². The number of hydrogen-bond donors (Lipinski definition) is 0. The Kier molecular flexibility index (Phi) is 4.31. The van der Waals surface area contributed by atoms with E-state index >= 15 is 0 Å². The first-order valence-corrected chi connectivity index (χ1v) is 6.91. The van der Waals surface area contributed by atoms with Gasteiger partial charge in [0.15, 0.2) is 0 Å². The number of hydrogen-bond acceptors (Lipinski definition) is 4. The van der Waals surface area contributed by atoms with Crippen molar-refractivity contribution in [1.29, 1.82) is 0 Å². The van der Waals surface area contributed by atoms with Crippen LogP contribution in [0.25, 0.3) is 5.57 Å². The maximum Gasteiger partial charge on any atom is 0.306 e. The summed E-state index contributed by atoms with van der Waals surface area (Å²) in [5.74, 6) is 0.387. The van der Waals surface area contributed by atoms with Gasteiger partial charge in [-0.25, -0.2) is 0 Å². The molecule has 92 valence electrons. The van der Waals surface area contributed by atoms with Gasteiger partial charge >= 0.3 is 5.97 Å². The average molecular weight is 251 g/mol. The Labute approximate surface area is 106 Å². The molecule has 2 rings (SSSR count). The predicted molar refractivity (Wildman–Crippen MR) is 68.7 cm³/mol. The standard InChI is InChI=1S/C13H17NO2S/c1-2-16-13(15)7-10-3-5-11(6-4-10)12-8-14-9-17-12/h5,8-10H,2-4,6-7H2,1H3. The molecule has 0 saturated heterocycles. The number of carbonyl (C=O) groups excluding carboxylic acids is 1. The number of nitrogens with zero attached hydrogens (tertiary/aromatic N) is 1. The van der Waals surface area contributed by atoms with Crippen molar-refractivity contribution < 1.29 is 9.53 Å². The van der Waals surface area contributed by atoms with Crippen molar-refractivity contribution in [3.05, 3.63) is 22.7 Å². The molecule has 0 spiro atoms. The van der Waals surface area contributed by atoms with Gasteiger partial charge in [-0.2, -0.15) is 0 Å². The monoisotopic (exact) mass is 251 g/mol. The molecule has 0 fully saturated rings. The molecule has 1 aliphatic rings. The summed E-state index contributed by atoms with van der Waals surface area (Å²) in [6, 6.07) is 0. The fraction of sp³-hybridized carbons (Fsp3) is 0.538. The molecule has 3 nitrogen and oxygen atoms in total. The van der Waals surface area contributed by atoms with Gasteiger partial charge in [-0.3, -0.25) is 9.78 Å². The largest absolute Gasteiger partial charge is 0.466 e. The molecular formula is C13H17NO2S. The Morgan fingerprint density at radius 2 is 2.53 bits per heavy atom. The molecule has 1 heterocycles. The van der Waals surface area contributed by atoms with Gasteiger partial charge in [0, 0.05) is 17.5 Å². The predicted octanol–water partition coefficient (Wildman–Crippen LogP) is 3.28. The molecule has 1 atom stereocenters. The Morgan fingerprint density at radius 3 is 3.12 bits per heavy atom. The lowest BCUT2D eigenvalue weighted by atomic mass is 9.87. The van der Waals surface area contributed by atoms with Gasteiger partial charge in [0.2, 0.25) is 0 Å². The highest BCUT2D eigenvalue weighted by atomic mass is 32.1. The van der Waals surface area contributed by atoms with E-state index in [2.05, 4.69) is 11.1 Å². The summed E-state index contributed by atoms with van der Waals surface area (Å²) in [6.07, 6.45) is 7.82. The Morgan fingerprint density at radius 1 is 1.65 bits per heavy atom. The number of thiazole rings is 1. The summed E-state index contributed by atoms with van der Waals surface area (Å²) in [5.41, 5.74) is 3.24. The molecule has 1 unspecified atom stereocenters. The number of esters is 1. The van der Waals surface area contributed by atoms with Crippen molar-refractivity contribution in [2.45, 2.75) is 32.6 Å². The smallest absolute Gasteiger partial charge is 0.306 e. The Balaban J connectivity index is 1.87. The third-order valence-electron chi connectivity index (χ3n) is 3.03. The van der Waals surface area contributed by atoms with E-state index in [9.17, 15) is 4.79 Å². The minimum atomic E-state index is -0.0628. The lowest BCUT2D eigenvalue weighted by Crippen LogP contribution is -2.13. The summed E-state index contributed by atoms with van der Waals surface area (Å²) in [4.78, 5) is 16.7. The van der Waals surface area contributed by atoms with E-state index < -0.39 is 0 Å². The molecule has 0 N–H and O–H groups in total. The molecule has 4 heteroatoms. The van der Waals surface area contributed by atoms with Crippen LogP contribution in [-0.2, 0) is 9.53 Å². The molecule has 1 aromatic heterocycles. The van der Waals surface area contributed by atoms with Gasteiger partial charge < -0.3 is 4.74 Å². The number of ether oxygens (including phenoxy) is 1. The van der Waals surface area contributed by atoms with Crippen LogP contribution >= 0.6 is 11.3 Å². The number of aromatic nitrogens is 1. The molecule has 0 bridgehead atoms. The van der Waals surface area contributed by atoms with E-state index in [1.807, 2.05) is 18.6 Å². The minimum absolute atomic E-state index is 0.0628. The third kappa shape index (κ3) is 3.40. The maximum atomic E-state index is 11.4.